The van der Waals surface area contributed by atoms with Gasteiger partial charge in [0.05, 0.1) is 13.2 Å². The number of aryl methyl sites for hydroxylation is 1. The average Bonchev–Trinajstić information content (AvgIpc) is 3.53. The number of benzene rings is 1. The third kappa shape index (κ3) is 6.34. The molecule has 1 N–H and O–H groups in total. The topological polar surface area (TPSA) is 60.9 Å². The molecule has 3 fully saturated rings. The summed E-state index contributed by atoms with van der Waals surface area (Å²) in [7, 11) is 0. The van der Waals surface area contributed by atoms with Crippen LogP contribution in [0.15, 0.2) is 30.3 Å². The largest absolute Gasteiger partial charge is 0.389 e. The van der Waals surface area contributed by atoms with Crippen molar-refractivity contribution < 1.29 is 22.7 Å². The van der Waals surface area contributed by atoms with Crippen LogP contribution in [0.1, 0.15) is 31.7 Å². The Balaban J connectivity index is 1.38. The Morgan fingerprint density at radius 1 is 1.03 bits per heavy atom. The summed E-state index contributed by atoms with van der Waals surface area (Å²) in [6, 6.07) is 9.62. The summed E-state index contributed by atoms with van der Waals surface area (Å²) in [6.07, 6.45) is -3.55. The second-order valence-electron chi connectivity index (χ2n) is 10.9. The lowest BCUT2D eigenvalue weighted by atomic mass is 10.00. The fourth-order valence-electron chi connectivity index (χ4n) is 5.64. The monoisotopic (exact) mass is 531 g/mol. The highest BCUT2D eigenvalue weighted by Gasteiger charge is 2.36. The van der Waals surface area contributed by atoms with Crippen molar-refractivity contribution in [2.45, 2.75) is 39.3 Å². The molecule has 10 heteroatoms. The number of likely N-dealkylation sites (tertiary alicyclic amines) is 1. The van der Waals surface area contributed by atoms with Crippen LogP contribution in [0.3, 0.4) is 0 Å². The number of aromatic nitrogens is 1. The standard InChI is InChI=1S/C28H36F3N5O2/c1-19-5-7-35(17-19)26-14-22(13-25(33-26)34-9-11-38-12-10-34)24-15-23(4-3-20(24)2)32-27(37)36-8-6-21(18-36)16-28(29,30)31/h3-4,13-15,19,21H,5-12,16-18H2,1-2H3,(H,32,37)/t19-,21-/m0/s1. The Bertz CT molecular complexity index is 1130. The van der Waals surface area contributed by atoms with Crippen LogP contribution in [0.4, 0.5) is 35.3 Å². The summed E-state index contributed by atoms with van der Waals surface area (Å²) in [5.74, 6) is 1.95. The van der Waals surface area contributed by atoms with Gasteiger partial charge < -0.3 is 24.8 Å². The van der Waals surface area contributed by atoms with Gasteiger partial charge in [0.15, 0.2) is 0 Å². The Labute approximate surface area is 221 Å². The molecule has 0 spiro atoms. The number of morpholine rings is 1. The van der Waals surface area contributed by atoms with Gasteiger partial charge in [0, 0.05) is 51.4 Å². The number of ether oxygens (including phenoxy) is 1. The number of halogens is 3. The van der Waals surface area contributed by atoms with Crippen LogP contribution in [0.2, 0.25) is 0 Å². The predicted octanol–water partition coefficient (Wildman–Crippen LogP) is 5.55. The van der Waals surface area contributed by atoms with Crippen molar-refractivity contribution >= 4 is 23.4 Å². The highest BCUT2D eigenvalue weighted by molar-refractivity contribution is 5.91. The summed E-state index contributed by atoms with van der Waals surface area (Å²) >= 11 is 0. The lowest BCUT2D eigenvalue weighted by molar-refractivity contribution is -0.143. The first kappa shape index (κ1) is 26.6. The predicted molar refractivity (Wildman–Crippen MR) is 143 cm³/mol. The quantitative estimate of drug-likeness (QED) is 0.549. The maximum atomic E-state index is 12.9. The molecule has 38 heavy (non-hydrogen) atoms. The Hall–Kier alpha value is -3.01. The number of carbonyl (C=O) groups excluding carboxylic acids is 1. The van der Waals surface area contributed by atoms with E-state index in [0.717, 1.165) is 60.9 Å². The van der Waals surface area contributed by atoms with Crippen LogP contribution < -0.4 is 15.1 Å². The first-order valence-electron chi connectivity index (χ1n) is 13.5. The van der Waals surface area contributed by atoms with Crippen LogP contribution in [-0.4, -0.2) is 74.6 Å². The number of pyridine rings is 1. The van der Waals surface area contributed by atoms with Crippen molar-refractivity contribution in [3.05, 3.63) is 35.9 Å². The molecule has 0 unspecified atom stereocenters. The first-order valence-corrected chi connectivity index (χ1v) is 13.5. The second-order valence-corrected chi connectivity index (χ2v) is 10.9. The van der Waals surface area contributed by atoms with E-state index < -0.39 is 18.5 Å². The van der Waals surface area contributed by atoms with E-state index >= 15 is 0 Å². The van der Waals surface area contributed by atoms with Crippen LogP contribution in [0.25, 0.3) is 11.1 Å². The van der Waals surface area contributed by atoms with Crippen LogP contribution in [0.5, 0.6) is 0 Å². The zero-order valence-corrected chi connectivity index (χ0v) is 22.1. The van der Waals surface area contributed by atoms with E-state index in [1.807, 2.05) is 25.1 Å². The molecule has 3 saturated heterocycles. The highest BCUT2D eigenvalue weighted by atomic mass is 19.4. The minimum atomic E-state index is -4.21. The van der Waals surface area contributed by atoms with Crippen molar-refractivity contribution in [3.8, 4) is 11.1 Å². The van der Waals surface area contributed by atoms with Gasteiger partial charge in [-0.15, -0.1) is 0 Å². The van der Waals surface area contributed by atoms with Gasteiger partial charge in [0.1, 0.15) is 11.6 Å². The highest BCUT2D eigenvalue weighted by Crippen LogP contribution is 2.35. The average molecular weight is 532 g/mol. The molecule has 5 rings (SSSR count). The van der Waals surface area contributed by atoms with Crippen LogP contribution >= 0.6 is 0 Å². The molecule has 0 aliphatic carbocycles. The number of anilines is 3. The maximum Gasteiger partial charge on any atom is 0.389 e. The zero-order chi connectivity index (χ0) is 26.9. The Morgan fingerprint density at radius 3 is 2.45 bits per heavy atom. The summed E-state index contributed by atoms with van der Waals surface area (Å²) in [5, 5.41) is 2.91. The molecular weight excluding hydrogens is 495 g/mol. The molecule has 1 aromatic carbocycles. The van der Waals surface area contributed by atoms with Crippen molar-refractivity contribution in [2.75, 3.05) is 67.6 Å². The van der Waals surface area contributed by atoms with Gasteiger partial charge in [-0.3, -0.25) is 0 Å². The van der Waals surface area contributed by atoms with E-state index in [1.54, 1.807) is 0 Å². The molecule has 2 aromatic rings. The van der Waals surface area contributed by atoms with Gasteiger partial charge in [0.25, 0.3) is 0 Å². The first-order chi connectivity index (χ1) is 18.1. The van der Waals surface area contributed by atoms with Crippen molar-refractivity contribution in [2.24, 2.45) is 11.8 Å². The molecule has 4 heterocycles. The maximum absolute atomic E-state index is 12.9. The molecular formula is C28H36F3N5O2. The molecule has 3 aliphatic rings. The molecule has 2 atom stereocenters. The number of urea groups is 1. The third-order valence-electron chi connectivity index (χ3n) is 7.77. The molecule has 2 amide bonds. The van der Waals surface area contributed by atoms with Crippen LogP contribution in [-0.2, 0) is 4.74 Å². The van der Waals surface area contributed by atoms with Gasteiger partial charge in [-0.1, -0.05) is 13.0 Å². The van der Waals surface area contributed by atoms with E-state index in [4.69, 9.17) is 9.72 Å². The van der Waals surface area contributed by atoms with Crippen molar-refractivity contribution in [1.82, 2.24) is 9.88 Å². The van der Waals surface area contributed by atoms with E-state index in [9.17, 15) is 18.0 Å². The molecule has 0 radical (unpaired) electrons. The fraction of sp³-hybridized carbons (Fsp3) is 0.571. The molecule has 0 saturated carbocycles. The number of nitrogens with zero attached hydrogens (tertiary/aromatic N) is 4. The van der Waals surface area contributed by atoms with Crippen molar-refractivity contribution in [1.29, 1.82) is 0 Å². The summed E-state index contributed by atoms with van der Waals surface area (Å²) in [5.41, 5.74) is 3.70. The Kier molecular flexibility index (Phi) is 7.70. The minimum Gasteiger partial charge on any atom is -0.378 e. The number of alkyl halides is 3. The van der Waals surface area contributed by atoms with E-state index in [0.29, 0.717) is 37.8 Å². The van der Waals surface area contributed by atoms with Gasteiger partial charge in [-0.05, 0) is 72.6 Å². The number of nitrogens with one attached hydrogen (secondary N) is 1. The number of hydrogen-bond acceptors (Lipinski definition) is 5. The summed E-state index contributed by atoms with van der Waals surface area (Å²) in [4.78, 5) is 24.0. The zero-order valence-electron chi connectivity index (χ0n) is 22.1. The lowest BCUT2D eigenvalue weighted by Gasteiger charge is -2.29. The van der Waals surface area contributed by atoms with E-state index in [1.165, 1.54) is 4.90 Å². The molecule has 7 nitrogen and oxygen atoms in total. The number of amides is 2. The third-order valence-corrected chi connectivity index (χ3v) is 7.77. The number of rotatable bonds is 5. The lowest BCUT2D eigenvalue weighted by Crippen LogP contribution is -2.37. The smallest absolute Gasteiger partial charge is 0.378 e. The van der Waals surface area contributed by atoms with E-state index in [-0.39, 0.29) is 12.6 Å². The van der Waals surface area contributed by atoms with Crippen molar-refractivity contribution in [3.63, 3.8) is 0 Å². The fourth-order valence-corrected chi connectivity index (χ4v) is 5.64. The molecule has 3 aliphatic heterocycles. The minimum absolute atomic E-state index is 0.120. The van der Waals surface area contributed by atoms with Gasteiger partial charge in [0.2, 0.25) is 0 Å². The number of carbonyl (C=O) groups is 1. The number of hydrogen-bond donors (Lipinski definition) is 1. The van der Waals surface area contributed by atoms with Gasteiger partial charge in [-0.2, -0.15) is 13.2 Å². The summed E-state index contributed by atoms with van der Waals surface area (Å²) < 4.78 is 43.9. The second kappa shape index (κ2) is 11.0. The summed E-state index contributed by atoms with van der Waals surface area (Å²) in [6.45, 7) is 9.60. The molecule has 1 aromatic heterocycles. The van der Waals surface area contributed by atoms with Gasteiger partial charge >= 0.3 is 12.2 Å². The van der Waals surface area contributed by atoms with E-state index in [2.05, 4.69) is 34.2 Å². The molecule has 0 bridgehead atoms. The Morgan fingerprint density at radius 2 is 1.76 bits per heavy atom. The SMILES string of the molecule is Cc1ccc(NC(=O)N2CC[C@@H](CC(F)(F)F)C2)cc1-c1cc(N2CCOCC2)nc(N2CC[C@H](C)C2)c1. The normalized spacial score (nSPS) is 22.3. The van der Waals surface area contributed by atoms with Gasteiger partial charge in [-0.25, -0.2) is 9.78 Å². The van der Waals surface area contributed by atoms with Crippen LogP contribution in [0, 0.1) is 18.8 Å². The molecule has 206 valence electrons.